The monoisotopic (exact) mass is 357 g/mol. The molecule has 0 spiro atoms. The van der Waals surface area contributed by atoms with E-state index in [2.05, 4.69) is 24.0 Å². The van der Waals surface area contributed by atoms with Crippen molar-refractivity contribution in [2.24, 2.45) is 0 Å². The lowest BCUT2D eigenvalue weighted by Crippen LogP contribution is -2.37. The molecule has 1 unspecified atom stereocenters. The van der Waals surface area contributed by atoms with E-state index >= 15 is 0 Å². The Morgan fingerprint density at radius 1 is 1.00 bits per heavy atom. The molecule has 0 bridgehead atoms. The maximum atomic E-state index is 6.14. The smallest absolute Gasteiger partial charge is 0.120 e. The lowest BCUT2D eigenvalue weighted by molar-refractivity contribution is 0.130. The Balaban J connectivity index is 1.59. The Labute approximate surface area is 154 Å². The molecular weight excluding hydrogens is 330 g/mol. The van der Waals surface area contributed by atoms with Crippen LogP contribution < -0.4 is 16.2 Å². The third-order valence-electron chi connectivity index (χ3n) is 4.40. The second-order valence-corrected chi connectivity index (χ2v) is 7.80. The van der Waals surface area contributed by atoms with Crippen LogP contribution in [0.3, 0.4) is 0 Å². The van der Waals surface area contributed by atoms with Crippen LogP contribution in [-0.4, -0.2) is 30.6 Å². The fourth-order valence-electron chi connectivity index (χ4n) is 3.14. The molecular formula is C20H27N3OS. The number of hydrogen-bond acceptors (Lipinski definition) is 5. The average molecular weight is 358 g/mol. The maximum Gasteiger partial charge on any atom is 0.120 e. The molecule has 1 aliphatic rings. The van der Waals surface area contributed by atoms with Gasteiger partial charge in [-0.3, -0.25) is 4.90 Å². The van der Waals surface area contributed by atoms with Crippen molar-refractivity contribution < 1.29 is 4.74 Å². The van der Waals surface area contributed by atoms with E-state index in [1.165, 1.54) is 32.4 Å². The van der Waals surface area contributed by atoms with Gasteiger partial charge in [-0.1, -0.05) is 24.2 Å². The maximum absolute atomic E-state index is 6.14. The molecule has 2 aromatic rings. The number of nitrogen functional groups attached to an aromatic ring is 2. The Morgan fingerprint density at radius 3 is 2.52 bits per heavy atom. The summed E-state index contributed by atoms with van der Waals surface area (Å²) in [5.41, 5.74) is 12.9. The number of ether oxygens (including phenoxy) is 1. The van der Waals surface area contributed by atoms with E-state index in [1.54, 1.807) is 11.8 Å². The standard InChI is InChI=1S/C20H27N3OS/c1-15(14-23-10-3-2-4-11-23)24-16-6-5-7-17(12-16)25-18-8-9-19(21)20(22)13-18/h5-9,12-13,15H,2-4,10-11,14,21-22H2,1H3. The van der Waals surface area contributed by atoms with Gasteiger partial charge in [-0.15, -0.1) is 0 Å². The summed E-state index contributed by atoms with van der Waals surface area (Å²) in [6.45, 7) is 5.53. The minimum absolute atomic E-state index is 0.186. The topological polar surface area (TPSA) is 64.5 Å². The number of hydrogen-bond donors (Lipinski definition) is 2. The largest absolute Gasteiger partial charge is 0.489 e. The van der Waals surface area contributed by atoms with E-state index in [0.717, 1.165) is 22.1 Å². The molecule has 1 heterocycles. The summed E-state index contributed by atoms with van der Waals surface area (Å²) in [6, 6.07) is 14.0. The van der Waals surface area contributed by atoms with Crippen molar-refractivity contribution in [1.82, 2.24) is 4.90 Å². The number of nitrogens with two attached hydrogens (primary N) is 2. The van der Waals surface area contributed by atoms with Gasteiger partial charge in [0, 0.05) is 16.3 Å². The minimum Gasteiger partial charge on any atom is -0.489 e. The van der Waals surface area contributed by atoms with Crippen LogP contribution in [0.4, 0.5) is 11.4 Å². The minimum atomic E-state index is 0.186. The van der Waals surface area contributed by atoms with Crippen LogP contribution in [0.15, 0.2) is 52.3 Å². The summed E-state index contributed by atoms with van der Waals surface area (Å²) in [6.07, 6.45) is 4.17. The first-order valence-electron chi connectivity index (χ1n) is 8.92. The second-order valence-electron chi connectivity index (χ2n) is 6.66. The molecule has 0 amide bonds. The van der Waals surface area contributed by atoms with Gasteiger partial charge in [-0.25, -0.2) is 0 Å². The van der Waals surface area contributed by atoms with Crippen LogP contribution in [0.25, 0.3) is 0 Å². The molecule has 1 atom stereocenters. The number of rotatable bonds is 6. The van der Waals surface area contributed by atoms with Gasteiger partial charge >= 0.3 is 0 Å². The molecule has 4 N–H and O–H groups in total. The predicted molar refractivity (Wildman–Crippen MR) is 106 cm³/mol. The van der Waals surface area contributed by atoms with Gasteiger partial charge in [0.15, 0.2) is 0 Å². The molecule has 0 saturated carbocycles. The lowest BCUT2D eigenvalue weighted by atomic mass is 10.1. The summed E-state index contributed by atoms with van der Waals surface area (Å²) in [4.78, 5) is 4.71. The normalized spacial score (nSPS) is 16.5. The van der Waals surface area contributed by atoms with Gasteiger partial charge in [0.05, 0.1) is 11.4 Å². The number of piperidine rings is 1. The Kier molecular flexibility index (Phi) is 6.10. The van der Waals surface area contributed by atoms with Crippen molar-refractivity contribution >= 4 is 23.1 Å². The highest BCUT2D eigenvalue weighted by molar-refractivity contribution is 7.99. The van der Waals surface area contributed by atoms with E-state index < -0.39 is 0 Å². The molecule has 3 rings (SSSR count). The van der Waals surface area contributed by atoms with Gasteiger partial charge < -0.3 is 16.2 Å². The van der Waals surface area contributed by atoms with Crippen molar-refractivity contribution in [3.8, 4) is 5.75 Å². The second kappa shape index (κ2) is 8.50. The summed E-state index contributed by atoms with van der Waals surface area (Å²) in [7, 11) is 0. The molecule has 0 radical (unpaired) electrons. The van der Waals surface area contributed by atoms with Crippen LogP contribution in [0.2, 0.25) is 0 Å². The average Bonchev–Trinajstić information content (AvgIpc) is 2.59. The molecule has 2 aromatic carbocycles. The van der Waals surface area contributed by atoms with Crippen LogP contribution in [0.5, 0.6) is 5.75 Å². The highest BCUT2D eigenvalue weighted by atomic mass is 32.2. The molecule has 1 fully saturated rings. The highest BCUT2D eigenvalue weighted by Gasteiger charge is 2.14. The van der Waals surface area contributed by atoms with Gasteiger partial charge in [0.25, 0.3) is 0 Å². The number of benzene rings is 2. The fourth-order valence-corrected chi connectivity index (χ4v) is 4.05. The molecule has 0 aromatic heterocycles. The third kappa shape index (κ3) is 5.31. The van der Waals surface area contributed by atoms with Crippen LogP contribution >= 0.6 is 11.8 Å². The van der Waals surface area contributed by atoms with E-state index in [9.17, 15) is 0 Å². The van der Waals surface area contributed by atoms with Crippen molar-refractivity contribution in [3.63, 3.8) is 0 Å². The summed E-state index contributed by atoms with van der Waals surface area (Å²) < 4.78 is 6.14. The molecule has 1 saturated heterocycles. The SMILES string of the molecule is CC(CN1CCCCC1)Oc1cccc(Sc2ccc(N)c(N)c2)c1. The van der Waals surface area contributed by atoms with Crippen molar-refractivity contribution in [3.05, 3.63) is 42.5 Å². The highest BCUT2D eigenvalue weighted by Crippen LogP contribution is 2.32. The lowest BCUT2D eigenvalue weighted by Gasteiger charge is -2.29. The molecule has 0 aliphatic carbocycles. The third-order valence-corrected chi connectivity index (χ3v) is 5.38. The van der Waals surface area contributed by atoms with Gasteiger partial charge in [-0.05, 0) is 69.3 Å². The van der Waals surface area contributed by atoms with Gasteiger partial charge in [0.1, 0.15) is 11.9 Å². The first-order chi connectivity index (χ1) is 12.1. The van der Waals surface area contributed by atoms with Gasteiger partial charge in [-0.2, -0.15) is 0 Å². The Bertz CT molecular complexity index is 701. The zero-order chi connectivity index (χ0) is 17.6. The summed E-state index contributed by atoms with van der Waals surface area (Å²) >= 11 is 1.66. The van der Waals surface area contributed by atoms with Crippen molar-refractivity contribution in [2.75, 3.05) is 31.1 Å². The molecule has 134 valence electrons. The Hall–Kier alpha value is -1.85. The zero-order valence-electron chi connectivity index (χ0n) is 14.8. The number of anilines is 2. The molecule has 5 heteroatoms. The predicted octanol–water partition coefficient (Wildman–Crippen LogP) is 4.26. The first kappa shape index (κ1) is 18.0. The van der Waals surface area contributed by atoms with Gasteiger partial charge in [0.2, 0.25) is 0 Å². The van der Waals surface area contributed by atoms with Crippen molar-refractivity contribution in [2.45, 2.75) is 42.1 Å². The summed E-state index contributed by atoms with van der Waals surface area (Å²) in [5.74, 6) is 0.915. The van der Waals surface area contributed by atoms with Crippen LogP contribution in [-0.2, 0) is 0 Å². The number of nitrogens with zero attached hydrogens (tertiary/aromatic N) is 1. The first-order valence-corrected chi connectivity index (χ1v) is 9.74. The number of likely N-dealkylation sites (tertiary alicyclic amines) is 1. The zero-order valence-corrected chi connectivity index (χ0v) is 15.6. The molecule has 25 heavy (non-hydrogen) atoms. The Morgan fingerprint density at radius 2 is 1.76 bits per heavy atom. The van der Waals surface area contributed by atoms with Crippen LogP contribution in [0, 0.1) is 0 Å². The van der Waals surface area contributed by atoms with Crippen molar-refractivity contribution in [1.29, 1.82) is 0 Å². The van der Waals surface area contributed by atoms with E-state index in [4.69, 9.17) is 16.2 Å². The van der Waals surface area contributed by atoms with E-state index in [0.29, 0.717) is 11.4 Å². The molecule has 4 nitrogen and oxygen atoms in total. The molecule has 1 aliphatic heterocycles. The fraction of sp³-hybridized carbons (Fsp3) is 0.400. The van der Waals surface area contributed by atoms with E-state index in [1.807, 2.05) is 30.3 Å². The quantitative estimate of drug-likeness (QED) is 0.757. The summed E-state index contributed by atoms with van der Waals surface area (Å²) in [5, 5.41) is 0. The van der Waals surface area contributed by atoms with E-state index in [-0.39, 0.29) is 6.10 Å². The van der Waals surface area contributed by atoms with Crippen LogP contribution in [0.1, 0.15) is 26.2 Å².